The zero-order valence-electron chi connectivity index (χ0n) is 8.20. The highest BCUT2D eigenvalue weighted by atomic mass is 19.1. The number of halogens is 1. The van der Waals surface area contributed by atoms with Gasteiger partial charge in [-0.25, -0.2) is 4.39 Å². The maximum absolute atomic E-state index is 12.9. The maximum atomic E-state index is 12.9. The first-order valence-electron chi connectivity index (χ1n) is 4.48. The van der Waals surface area contributed by atoms with Crippen LogP contribution in [0.3, 0.4) is 0 Å². The highest BCUT2D eigenvalue weighted by Gasteiger charge is 2.01. The Morgan fingerprint density at radius 3 is 2.53 bits per heavy atom. The average molecular weight is 202 g/mol. The standard InChI is InChI=1S/C12H9FNO/c1-15-11-4-2-9(3-5-11)12-8-10(13)6-7-14-12/h2-7H,1H3. The van der Waals surface area contributed by atoms with Crippen molar-refractivity contribution in [3.63, 3.8) is 0 Å². The van der Waals surface area contributed by atoms with E-state index in [4.69, 9.17) is 4.74 Å². The summed E-state index contributed by atoms with van der Waals surface area (Å²) in [6.07, 6.45) is 1.42. The van der Waals surface area contributed by atoms with Crippen molar-refractivity contribution in [2.24, 2.45) is 0 Å². The topological polar surface area (TPSA) is 22.1 Å². The first-order chi connectivity index (χ1) is 7.29. The second-order valence-electron chi connectivity index (χ2n) is 2.99. The van der Waals surface area contributed by atoms with Gasteiger partial charge in [-0.1, -0.05) is 0 Å². The molecule has 0 amide bonds. The number of ether oxygens (including phenoxy) is 1. The number of hydrogen-bond acceptors (Lipinski definition) is 2. The fourth-order valence-electron chi connectivity index (χ4n) is 1.26. The van der Waals surface area contributed by atoms with Gasteiger partial charge in [0, 0.05) is 17.8 Å². The van der Waals surface area contributed by atoms with Gasteiger partial charge in [0.25, 0.3) is 0 Å². The lowest BCUT2D eigenvalue weighted by Gasteiger charge is -2.02. The molecule has 0 N–H and O–H groups in total. The largest absolute Gasteiger partial charge is 0.497 e. The van der Waals surface area contributed by atoms with Crippen molar-refractivity contribution in [2.75, 3.05) is 7.11 Å². The van der Waals surface area contributed by atoms with Gasteiger partial charge in [-0.05, 0) is 30.3 Å². The molecule has 3 heteroatoms. The van der Waals surface area contributed by atoms with Gasteiger partial charge < -0.3 is 4.74 Å². The third kappa shape index (κ3) is 2.13. The zero-order chi connectivity index (χ0) is 10.7. The van der Waals surface area contributed by atoms with Crippen molar-refractivity contribution in [2.45, 2.75) is 0 Å². The predicted molar refractivity (Wildman–Crippen MR) is 55.0 cm³/mol. The second kappa shape index (κ2) is 4.09. The molecule has 0 bridgehead atoms. The highest BCUT2D eigenvalue weighted by molar-refractivity contribution is 5.59. The molecule has 1 aromatic heterocycles. The van der Waals surface area contributed by atoms with Crippen LogP contribution in [0.25, 0.3) is 11.3 Å². The van der Waals surface area contributed by atoms with Crippen molar-refractivity contribution in [1.29, 1.82) is 0 Å². The van der Waals surface area contributed by atoms with E-state index in [1.54, 1.807) is 19.2 Å². The molecule has 1 aromatic carbocycles. The first-order valence-corrected chi connectivity index (χ1v) is 4.48. The number of methoxy groups -OCH3 is 1. The van der Waals surface area contributed by atoms with E-state index in [1.807, 2.05) is 12.1 Å². The van der Waals surface area contributed by atoms with Crippen LogP contribution in [0.5, 0.6) is 5.75 Å². The Morgan fingerprint density at radius 1 is 1.20 bits per heavy atom. The Bertz CT molecular complexity index is 453. The van der Waals surface area contributed by atoms with E-state index in [9.17, 15) is 4.39 Å². The monoisotopic (exact) mass is 202 g/mol. The smallest absolute Gasteiger partial charge is 0.134 e. The number of benzene rings is 1. The SMILES string of the molecule is COc1ccc(-c2[c]c(F)ccn2)cc1. The molecule has 0 saturated heterocycles. The summed E-state index contributed by atoms with van der Waals surface area (Å²) >= 11 is 0. The lowest BCUT2D eigenvalue weighted by atomic mass is 10.1. The second-order valence-corrected chi connectivity index (χ2v) is 2.99. The summed E-state index contributed by atoms with van der Waals surface area (Å²) in [5, 5.41) is 0. The van der Waals surface area contributed by atoms with Crippen LogP contribution in [0.1, 0.15) is 0 Å². The van der Waals surface area contributed by atoms with E-state index in [0.29, 0.717) is 5.69 Å². The molecule has 0 unspecified atom stereocenters. The van der Waals surface area contributed by atoms with Crippen LogP contribution in [0.2, 0.25) is 0 Å². The predicted octanol–water partition coefficient (Wildman–Crippen LogP) is 2.70. The Hall–Kier alpha value is -1.90. The van der Waals surface area contributed by atoms with Gasteiger partial charge in [-0.3, -0.25) is 4.98 Å². The number of pyridine rings is 1. The molecule has 2 aromatic rings. The minimum Gasteiger partial charge on any atom is -0.497 e. The molecule has 15 heavy (non-hydrogen) atoms. The lowest BCUT2D eigenvalue weighted by molar-refractivity contribution is 0.415. The van der Waals surface area contributed by atoms with Crippen molar-refractivity contribution in [3.05, 3.63) is 48.4 Å². The van der Waals surface area contributed by atoms with Gasteiger partial charge in [0.05, 0.1) is 12.8 Å². The molecular formula is C12H9FNO. The lowest BCUT2D eigenvalue weighted by Crippen LogP contribution is -1.86. The molecule has 1 radical (unpaired) electrons. The molecule has 2 nitrogen and oxygen atoms in total. The van der Waals surface area contributed by atoms with E-state index in [2.05, 4.69) is 11.1 Å². The summed E-state index contributed by atoms with van der Waals surface area (Å²) in [6.45, 7) is 0. The van der Waals surface area contributed by atoms with Crippen LogP contribution >= 0.6 is 0 Å². The molecule has 2 rings (SSSR count). The van der Waals surface area contributed by atoms with Gasteiger partial charge in [-0.15, -0.1) is 0 Å². The first kappa shape index (κ1) is 9.65. The molecule has 0 aliphatic rings. The van der Waals surface area contributed by atoms with E-state index < -0.39 is 5.82 Å². The number of rotatable bonds is 2. The normalized spacial score (nSPS) is 10.0. The highest BCUT2D eigenvalue weighted by Crippen LogP contribution is 2.20. The van der Waals surface area contributed by atoms with Crippen molar-refractivity contribution < 1.29 is 9.13 Å². The van der Waals surface area contributed by atoms with Gasteiger partial charge in [0.15, 0.2) is 0 Å². The summed E-state index contributed by atoms with van der Waals surface area (Å²) in [6, 6.07) is 11.0. The molecule has 0 aliphatic heterocycles. The Labute approximate surface area is 87.4 Å². The summed E-state index contributed by atoms with van der Waals surface area (Å²) in [4.78, 5) is 4.03. The Balaban J connectivity index is 2.37. The van der Waals surface area contributed by atoms with Crippen LogP contribution in [0.4, 0.5) is 4.39 Å². The third-order valence-electron chi connectivity index (χ3n) is 2.03. The summed E-state index contributed by atoms with van der Waals surface area (Å²) in [7, 11) is 1.60. The fraction of sp³-hybridized carbons (Fsp3) is 0.0833. The van der Waals surface area contributed by atoms with Crippen LogP contribution in [-0.2, 0) is 0 Å². The van der Waals surface area contributed by atoms with Gasteiger partial charge in [0.1, 0.15) is 11.6 Å². The Kier molecular flexibility index (Phi) is 2.63. The average Bonchev–Trinajstić information content (AvgIpc) is 2.29. The van der Waals surface area contributed by atoms with Crippen LogP contribution in [0.15, 0.2) is 36.5 Å². The molecule has 1 heterocycles. The van der Waals surface area contributed by atoms with Crippen LogP contribution in [-0.4, -0.2) is 12.1 Å². The van der Waals surface area contributed by atoms with E-state index in [0.717, 1.165) is 11.3 Å². The number of aromatic nitrogens is 1. The summed E-state index contributed by atoms with van der Waals surface area (Å²) in [5.41, 5.74) is 1.31. The fourth-order valence-corrected chi connectivity index (χ4v) is 1.26. The minimum atomic E-state index is -0.407. The van der Waals surface area contributed by atoms with Crippen molar-refractivity contribution >= 4 is 0 Å². The van der Waals surface area contributed by atoms with Crippen LogP contribution < -0.4 is 4.74 Å². The third-order valence-corrected chi connectivity index (χ3v) is 2.03. The summed E-state index contributed by atoms with van der Waals surface area (Å²) < 4.78 is 17.9. The van der Waals surface area contributed by atoms with E-state index in [1.165, 1.54) is 12.3 Å². The molecule has 0 aliphatic carbocycles. The molecular weight excluding hydrogens is 193 g/mol. The maximum Gasteiger partial charge on any atom is 0.134 e. The van der Waals surface area contributed by atoms with E-state index >= 15 is 0 Å². The van der Waals surface area contributed by atoms with Crippen LogP contribution in [0, 0.1) is 11.9 Å². The quantitative estimate of drug-likeness (QED) is 0.747. The Morgan fingerprint density at radius 2 is 1.93 bits per heavy atom. The molecule has 0 saturated carbocycles. The molecule has 0 fully saturated rings. The van der Waals surface area contributed by atoms with Crippen molar-refractivity contribution in [1.82, 2.24) is 4.98 Å². The van der Waals surface area contributed by atoms with Gasteiger partial charge in [0.2, 0.25) is 0 Å². The molecule has 0 atom stereocenters. The number of nitrogens with zero attached hydrogens (tertiary/aromatic N) is 1. The molecule has 0 spiro atoms. The minimum absolute atomic E-state index is 0.407. The van der Waals surface area contributed by atoms with Gasteiger partial charge >= 0.3 is 0 Å². The van der Waals surface area contributed by atoms with Crippen molar-refractivity contribution in [3.8, 4) is 17.0 Å². The molecule has 75 valence electrons. The summed E-state index contributed by atoms with van der Waals surface area (Å²) in [5.74, 6) is 0.353. The number of hydrogen-bond donors (Lipinski definition) is 0. The zero-order valence-corrected chi connectivity index (χ0v) is 8.20. The van der Waals surface area contributed by atoms with E-state index in [-0.39, 0.29) is 0 Å². The van der Waals surface area contributed by atoms with Gasteiger partial charge in [-0.2, -0.15) is 0 Å².